The van der Waals surface area contributed by atoms with Gasteiger partial charge in [-0.3, -0.25) is 14.4 Å². The van der Waals surface area contributed by atoms with Crippen molar-refractivity contribution in [1.82, 2.24) is 15.0 Å². The van der Waals surface area contributed by atoms with Gasteiger partial charge in [0, 0.05) is 11.1 Å². The second-order valence-corrected chi connectivity index (χ2v) is 5.03. The number of para-hydroxylation sites is 1. The van der Waals surface area contributed by atoms with E-state index in [1.54, 1.807) is 42.5 Å². The average Bonchev–Trinajstić information content (AvgIpc) is 2.97. The molecule has 6 heteroatoms. The van der Waals surface area contributed by atoms with Crippen LogP contribution in [0.25, 0.3) is 11.0 Å². The van der Waals surface area contributed by atoms with E-state index in [1.165, 1.54) is 10.7 Å². The second-order valence-electron chi connectivity index (χ2n) is 5.03. The third-order valence-corrected chi connectivity index (χ3v) is 3.78. The lowest BCUT2D eigenvalue weighted by Crippen LogP contribution is -2.39. The molecule has 0 fully saturated rings. The molecule has 0 bridgehead atoms. The summed E-state index contributed by atoms with van der Waals surface area (Å²) in [5.41, 5.74) is 1.51. The van der Waals surface area contributed by atoms with Gasteiger partial charge in [0.1, 0.15) is 5.52 Å². The van der Waals surface area contributed by atoms with Gasteiger partial charge in [-0.15, -0.1) is 5.10 Å². The molecule has 3 aromatic rings. The third kappa shape index (κ3) is 1.57. The Kier molecular flexibility index (Phi) is 2.53. The first kappa shape index (κ1) is 12.6. The lowest BCUT2D eigenvalue weighted by atomic mass is 9.85. The number of hydrogen-bond donors (Lipinski definition) is 0. The van der Waals surface area contributed by atoms with Crippen molar-refractivity contribution < 1.29 is 14.4 Å². The number of hydrogen-bond acceptors (Lipinski definition) is 5. The summed E-state index contributed by atoms with van der Waals surface area (Å²) in [4.78, 5) is 37.3. The molecule has 0 saturated carbocycles. The van der Waals surface area contributed by atoms with Crippen LogP contribution < -0.4 is 0 Å². The molecule has 1 atom stereocenters. The maximum Gasteiger partial charge on any atom is 0.235 e. The molecule has 0 aliphatic heterocycles. The number of rotatable bonds is 1. The van der Waals surface area contributed by atoms with Gasteiger partial charge in [-0.1, -0.05) is 41.6 Å². The number of carbonyl (C=O) groups is 3. The fraction of sp³-hybridized carbons (Fsp3) is 0.0625. The van der Waals surface area contributed by atoms with Crippen molar-refractivity contribution in [1.29, 1.82) is 0 Å². The van der Waals surface area contributed by atoms with Crippen LogP contribution in [0.1, 0.15) is 26.8 Å². The highest BCUT2D eigenvalue weighted by Gasteiger charge is 2.42. The topological polar surface area (TPSA) is 81.9 Å². The fourth-order valence-corrected chi connectivity index (χ4v) is 2.72. The Morgan fingerprint density at radius 3 is 2.32 bits per heavy atom. The Morgan fingerprint density at radius 1 is 0.818 bits per heavy atom. The molecule has 0 saturated heterocycles. The van der Waals surface area contributed by atoms with Crippen molar-refractivity contribution in [3.05, 3.63) is 59.7 Å². The molecule has 0 radical (unpaired) electrons. The summed E-state index contributed by atoms with van der Waals surface area (Å²) in [6.45, 7) is 0. The molecule has 4 rings (SSSR count). The Hall–Kier alpha value is -3.15. The molecular formula is C16H9N3O3. The zero-order chi connectivity index (χ0) is 15.3. The number of nitrogens with zero attached hydrogens (tertiary/aromatic N) is 3. The van der Waals surface area contributed by atoms with Crippen LogP contribution in [0.4, 0.5) is 0 Å². The van der Waals surface area contributed by atoms with Gasteiger partial charge in [-0.05, 0) is 12.1 Å². The van der Waals surface area contributed by atoms with Crippen LogP contribution in [0.3, 0.4) is 0 Å². The highest BCUT2D eigenvalue weighted by Crippen LogP contribution is 2.28. The average molecular weight is 291 g/mol. The molecule has 0 amide bonds. The Bertz CT molecular complexity index is 958. The first-order valence-electron chi connectivity index (χ1n) is 6.70. The quantitative estimate of drug-likeness (QED) is 0.502. The SMILES string of the molecule is O=C1C(=O)[C@@H](n2nnc3ccccc32)C(=O)c2ccccc21. The van der Waals surface area contributed by atoms with E-state index in [0.717, 1.165) is 0 Å². The van der Waals surface area contributed by atoms with Gasteiger partial charge in [0.15, 0.2) is 11.8 Å². The van der Waals surface area contributed by atoms with Crippen molar-refractivity contribution >= 4 is 28.4 Å². The van der Waals surface area contributed by atoms with Gasteiger partial charge in [-0.25, -0.2) is 4.68 Å². The van der Waals surface area contributed by atoms with Crippen molar-refractivity contribution in [2.24, 2.45) is 0 Å². The summed E-state index contributed by atoms with van der Waals surface area (Å²) in [6, 6.07) is 12.0. The molecule has 1 aromatic heterocycles. The van der Waals surface area contributed by atoms with Gasteiger partial charge >= 0.3 is 0 Å². The maximum atomic E-state index is 12.7. The highest BCUT2D eigenvalue weighted by atomic mass is 16.2. The highest BCUT2D eigenvalue weighted by molar-refractivity contribution is 6.52. The summed E-state index contributed by atoms with van der Waals surface area (Å²) in [5.74, 6) is -1.88. The van der Waals surface area contributed by atoms with Crippen LogP contribution in [0.15, 0.2) is 48.5 Å². The minimum absolute atomic E-state index is 0.151. The minimum atomic E-state index is -1.28. The molecule has 2 aromatic carbocycles. The number of fused-ring (bicyclic) bond motifs is 2. The van der Waals surface area contributed by atoms with Crippen molar-refractivity contribution in [3.8, 4) is 0 Å². The smallest absolute Gasteiger partial charge is 0.235 e. The first-order valence-corrected chi connectivity index (χ1v) is 6.70. The zero-order valence-corrected chi connectivity index (χ0v) is 11.3. The molecular weight excluding hydrogens is 282 g/mol. The predicted molar refractivity (Wildman–Crippen MR) is 76.7 cm³/mol. The monoisotopic (exact) mass is 291 g/mol. The van der Waals surface area contributed by atoms with E-state index in [-0.39, 0.29) is 11.1 Å². The zero-order valence-electron chi connectivity index (χ0n) is 11.3. The van der Waals surface area contributed by atoms with Crippen LogP contribution in [0.2, 0.25) is 0 Å². The molecule has 106 valence electrons. The van der Waals surface area contributed by atoms with Gasteiger partial charge in [0.05, 0.1) is 5.52 Å². The van der Waals surface area contributed by atoms with E-state index < -0.39 is 23.4 Å². The summed E-state index contributed by atoms with van der Waals surface area (Å²) in [7, 11) is 0. The maximum absolute atomic E-state index is 12.7. The van der Waals surface area contributed by atoms with Crippen LogP contribution in [0, 0.1) is 0 Å². The molecule has 1 heterocycles. The van der Waals surface area contributed by atoms with E-state index >= 15 is 0 Å². The molecule has 0 spiro atoms. The minimum Gasteiger partial charge on any atom is -0.291 e. The van der Waals surface area contributed by atoms with Crippen LogP contribution in [0.5, 0.6) is 0 Å². The lowest BCUT2D eigenvalue weighted by molar-refractivity contribution is -0.117. The number of carbonyl (C=O) groups excluding carboxylic acids is 3. The van der Waals surface area contributed by atoms with Gasteiger partial charge in [0.2, 0.25) is 11.6 Å². The Morgan fingerprint density at radius 2 is 1.50 bits per heavy atom. The van der Waals surface area contributed by atoms with Crippen molar-refractivity contribution in [2.75, 3.05) is 0 Å². The van der Waals surface area contributed by atoms with Gasteiger partial charge < -0.3 is 0 Å². The summed E-state index contributed by atoms with van der Waals surface area (Å²) < 4.78 is 1.23. The molecule has 1 aliphatic carbocycles. The van der Waals surface area contributed by atoms with E-state index in [4.69, 9.17) is 0 Å². The third-order valence-electron chi connectivity index (χ3n) is 3.78. The van der Waals surface area contributed by atoms with E-state index in [1.807, 2.05) is 0 Å². The van der Waals surface area contributed by atoms with Crippen molar-refractivity contribution in [2.45, 2.75) is 6.04 Å². The number of Topliss-reactive ketones (excluding diaryl/α,β-unsaturated/α-hetero) is 3. The normalized spacial score (nSPS) is 17.8. The van der Waals surface area contributed by atoms with E-state index in [0.29, 0.717) is 11.0 Å². The summed E-state index contributed by atoms with van der Waals surface area (Å²) >= 11 is 0. The molecule has 0 unspecified atom stereocenters. The molecule has 6 nitrogen and oxygen atoms in total. The standard InChI is InChI=1S/C16H9N3O3/c20-14-9-5-1-2-6-10(9)15(21)16(22)13(14)19-12-8-4-3-7-11(12)17-18-19/h1-8,13H/t13-/m0/s1. The molecule has 0 N–H and O–H groups in total. The van der Waals surface area contributed by atoms with E-state index in [2.05, 4.69) is 10.3 Å². The lowest BCUT2D eigenvalue weighted by Gasteiger charge is -2.21. The number of aromatic nitrogens is 3. The Labute approximate surface area is 124 Å². The first-order chi connectivity index (χ1) is 10.7. The van der Waals surface area contributed by atoms with Crippen LogP contribution in [-0.4, -0.2) is 32.3 Å². The molecule has 1 aliphatic rings. The molecule has 22 heavy (non-hydrogen) atoms. The van der Waals surface area contributed by atoms with Crippen LogP contribution >= 0.6 is 0 Å². The summed E-state index contributed by atoms with van der Waals surface area (Å²) in [6.07, 6.45) is 0. The Balaban J connectivity index is 1.95. The van der Waals surface area contributed by atoms with Crippen LogP contribution in [-0.2, 0) is 4.79 Å². The summed E-state index contributed by atoms with van der Waals surface area (Å²) in [5, 5.41) is 7.84. The largest absolute Gasteiger partial charge is 0.291 e. The predicted octanol–water partition coefficient (Wildman–Crippen LogP) is 1.62. The van der Waals surface area contributed by atoms with E-state index in [9.17, 15) is 14.4 Å². The van der Waals surface area contributed by atoms with Gasteiger partial charge in [0.25, 0.3) is 0 Å². The van der Waals surface area contributed by atoms with Gasteiger partial charge in [-0.2, -0.15) is 0 Å². The number of benzene rings is 2. The number of ketones is 3. The fourth-order valence-electron chi connectivity index (χ4n) is 2.72. The second kappa shape index (κ2) is 4.42. The van der Waals surface area contributed by atoms with Crippen molar-refractivity contribution in [3.63, 3.8) is 0 Å².